The van der Waals surface area contributed by atoms with E-state index in [4.69, 9.17) is 4.74 Å². The predicted molar refractivity (Wildman–Crippen MR) is 97.8 cm³/mol. The molecule has 0 aliphatic carbocycles. The fourth-order valence-electron chi connectivity index (χ4n) is 3.23. The maximum atomic E-state index is 12.8. The molecule has 0 N–H and O–H groups in total. The summed E-state index contributed by atoms with van der Waals surface area (Å²) in [5.41, 5.74) is 1.18. The number of rotatable bonds is 8. The molecule has 1 aliphatic rings. The molecule has 140 valence electrons. The van der Waals surface area contributed by atoms with E-state index in [1.165, 1.54) is 36.2 Å². The van der Waals surface area contributed by atoms with Gasteiger partial charge >= 0.3 is 5.97 Å². The molecule has 0 unspecified atom stereocenters. The molecule has 6 heteroatoms. The highest BCUT2D eigenvalue weighted by atomic mass is 32.2. The van der Waals surface area contributed by atoms with E-state index in [2.05, 4.69) is 6.92 Å². The SMILES string of the molecule is CCCCCCc1ccc(S(=O)(=O)N2CCC(C(=O)OC)CC2)cc1. The van der Waals surface area contributed by atoms with Gasteiger partial charge in [0.05, 0.1) is 17.9 Å². The molecule has 0 atom stereocenters. The molecule has 0 amide bonds. The molecular formula is C19H29NO4S. The highest BCUT2D eigenvalue weighted by molar-refractivity contribution is 7.89. The maximum Gasteiger partial charge on any atom is 0.308 e. The van der Waals surface area contributed by atoms with E-state index in [0.29, 0.717) is 30.8 Å². The van der Waals surface area contributed by atoms with Gasteiger partial charge in [0.2, 0.25) is 10.0 Å². The van der Waals surface area contributed by atoms with E-state index >= 15 is 0 Å². The van der Waals surface area contributed by atoms with Crippen molar-refractivity contribution in [2.75, 3.05) is 20.2 Å². The smallest absolute Gasteiger partial charge is 0.308 e. The third-order valence-corrected chi connectivity index (χ3v) is 6.78. The zero-order chi connectivity index (χ0) is 18.3. The summed E-state index contributed by atoms with van der Waals surface area (Å²) in [6.45, 7) is 2.91. The molecule has 5 nitrogen and oxygen atoms in total. The Hall–Kier alpha value is -1.40. The van der Waals surface area contributed by atoms with Gasteiger partial charge < -0.3 is 4.74 Å². The van der Waals surface area contributed by atoms with Gasteiger partial charge in [0.25, 0.3) is 0 Å². The molecule has 0 radical (unpaired) electrons. The second-order valence-electron chi connectivity index (χ2n) is 6.66. The largest absolute Gasteiger partial charge is 0.469 e. The average molecular weight is 368 g/mol. The minimum Gasteiger partial charge on any atom is -0.469 e. The molecule has 1 aliphatic heterocycles. The number of methoxy groups -OCH3 is 1. The van der Waals surface area contributed by atoms with Crippen LogP contribution in [-0.2, 0) is 26.0 Å². The Kier molecular flexibility index (Phi) is 7.44. The number of ether oxygens (including phenoxy) is 1. The molecule has 1 fully saturated rings. The van der Waals surface area contributed by atoms with Crippen LogP contribution < -0.4 is 0 Å². The van der Waals surface area contributed by atoms with Crippen molar-refractivity contribution >= 4 is 16.0 Å². The Morgan fingerprint density at radius 2 is 1.76 bits per heavy atom. The maximum absolute atomic E-state index is 12.8. The Balaban J connectivity index is 1.94. The van der Waals surface area contributed by atoms with E-state index in [9.17, 15) is 13.2 Å². The number of hydrogen-bond acceptors (Lipinski definition) is 4. The number of unbranched alkanes of at least 4 members (excludes halogenated alkanes) is 3. The monoisotopic (exact) mass is 367 g/mol. The summed E-state index contributed by atoms with van der Waals surface area (Å²) in [4.78, 5) is 11.9. The van der Waals surface area contributed by atoms with E-state index < -0.39 is 10.0 Å². The van der Waals surface area contributed by atoms with Gasteiger partial charge in [-0.25, -0.2) is 8.42 Å². The number of carbonyl (C=O) groups excluding carboxylic acids is 1. The highest BCUT2D eigenvalue weighted by Crippen LogP contribution is 2.25. The third-order valence-electron chi connectivity index (χ3n) is 4.87. The molecule has 0 saturated carbocycles. The predicted octanol–water partition coefficient (Wildman–Crippen LogP) is 3.38. The number of benzene rings is 1. The van der Waals surface area contributed by atoms with Crippen LogP contribution in [-0.4, -0.2) is 38.9 Å². The summed E-state index contributed by atoms with van der Waals surface area (Å²) in [5, 5.41) is 0. The minimum atomic E-state index is -3.48. The zero-order valence-electron chi connectivity index (χ0n) is 15.2. The van der Waals surface area contributed by atoms with Gasteiger partial charge in [-0.3, -0.25) is 4.79 Å². The van der Waals surface area contributed by atoms with Gasteiger partial charge in [0.1, 0.15) is 0 Å². The number of hydrogen-bond donors (Lipinski definition) is 0. The molecule has 1 aromatic carbocycles. The minimum absolute atomic E-state index is 0.193. The van der Waals surface area contributed by atoms with Gasteiger partial charge in [0, 0.05) is 13.1 Å². The highest BCUT2D eigenvalue weighted by Gasteiger charge is 2.32. The van der Waals surface area contributed by atoms with Gasteiger partial charge in [-0.15, -0.1) is 0 Å². The second-order valence-corrected chi connectivity index (χ2v) is 8.59. The second kappa shape index (κ2) is 9.34. The summed E-state index contributed by atoms with van der Waals surface area (Å²) in [5.74, 6) is -0.438. The van der Waals surface area contributed by atoms with Crippen molar-refractivity contribution < 1.29 is 17.9 Å². The van der Waals surface area contributed by atoms with Crippen molar-refractivity contribution in [3.8, 4) is 0 Å². The van der Waals surface area contributed by atoms with Gasteiger partial charge in [-0.2, -0.15) is 4.31 Å². The zero-order valence-corrected chi connectivity index (χ0v) is 16.1. The lowest BCUT2D eigenvalue weighted by Crippen LogP contribution is -2.40. The lowest BCUT2D eigenvalue weighted by Gasteiger charge is -2.29. The summed E-state index contributed by atoms with van der Waals surface area (Å²) in [6, 6.07) is 7.24. The number of carbonyl (C=O) groups is 1. The van der Waals surface area contributed by atoms with Crippen molar-refractivity contribution in [1.82, 2.24) is 4.31 Å². The van der Waals surface area contributed by atoms with Crippen LogP contribution in [0.3, 0.4) is 0 Å². The molecule has 1 aromatic rings. The first-order chi connectivity index (χ1) is 12.0. The molecule has 25 heavy (non-hydrogen) atoms. The quantitative estimate of drug-likeness (QED) is 0.522. The van der Waals surface area contributed by atoms with Gasteiger partial charge in [0.15, 0.2) is 0 Å². The van der Waals surface area contributed by atoms with Crippen LogP contribution >= 0.6 is 0 Å². The van der Waals surface area contributed by atoms with Crippen molar-refractivity contribution in [1.29, 1.82) is 0 Å². The molecule has 0 bridgehead atoms. The summed E-state index contributed by atoms with van der Waals surface area (Å²) in [7, 11) is -2.11. The molecule has 1 heterocycles. The topological polar surface area (TPSA) is 63.7 Å². The number of aryl methyl sites for hydroxylation is 1. The number of piperidine rings is 1. The summed E-state index contributed by atoms with van der Waals surface area (Å²) < 4.78 is 31.7. The van der Waals surface area contributed by atoms with Crippen LogP contribution in [0, 0.1) is 5.92 Å². The fourth-order valence-corrected chi connectivity index (χ4v) is 4.70. The summed E-state index contributed by atoms with van der Waals surface area (Å²) >= 11 is 0. The van der Waals surface area contributed by atoms with Gasteiger partial charge in [-0.05, 0) is 43.4 Å². The van der Waals surface area contributed by atoms with Crippen molar-refractivity contribution in [2.24, 2.45) is 5.92 Å². The lowest BCUT2D eigenvalue weighted by molar-refractivity contribution is -0.146. The van der Waals surface area contributed by atoms with E-state index in [-0.39, 0.29) is 11.9 Å². The van der Waals surface area contributed by atoms with Crippen LogP contribution in [0.25, 0.3) is 0 Å². The number of nitrogens with zero attached hydrogens (tertiary/aromatic N) is 1. The van der Waals surface area contributed by atoms with Crippen molar-refractivity contribution in [3.05, 3.63) is 29.8 Å². The Bertz CT molecular complexity index is 647. The first-order valence-electron chi connectivity index (χ1n) is 9.16. The summed E-state index contributed by atoms with van der Waals surface area (Å²) in [6.07, 6.45) is 6.83. The van der Waals surface area contributed by atoms with Crippen molar-refractivity contribution in [2.45, 2.75) is 56.8 Å². The first kappa shape index (κ1) is 19.9. The Morgan fingerprint density at radius 3 is 2.32 bits per heavy atom. The molecule has 0 aromatic heterocycles. The Morgan fingerprint density at radius 1 is 1.12 bits per heavy atom. The fraction of sp³-hybridized carbons (Fsp3) is 0.632. The lowest BCUT2D eigenvalue weighted by atomic mass is 9.99. The van der Waals surface area contributed by atoms with E-state index in [1.54, 1.807) is 12.1 Å². The first-order valence-corrected chi connectivity index (χ1v) is 10.6. The molecule has 1 saturated heterocycles. The Labute approximate surface area is 151 Å². The van der Waals surface area contributed by atoms with Crippen LogP contribution in [0.15, 0.2) is 29.2 Å². The van der Waals surface area contributed by atoms with Crippen LogP contribution in [0.5, 0.6) is 0 Å². The van der Waals surface area contributed by atoms with Crippen LogP contribution in [0.2, 0.25) is 0 Å². The standard InChI is InChI=1S/C19H29NO4S/c1-3-4-5-6-7-16-8-10-18(11-9-16)25(22,23)20-14-12-17(13-15-20)19(21)24-2/h8-11,17H,3-7,12-15H2,1-2H3. The van der Waals surface area contributed by atoms with Crippen molar-refractivity contribution in [3.63, 3.8) is 0 Å². The van der Waals surface area contributed by atoms with Crippen LogP contribution in [0.1, 0.15) is 51.0 Å². The van der Waals surface area contributed by atoms with E-state index in [1.807, 2.05) is 12.1 Å². The number of sulfonamides is 1. The molecular weight excluding hydrogens is 338 g/mol. The van der Waals surface area contributed by atoms with E-state index in [0.717, 1.165) is 12.8 Å². The average Bonchev–Trinajstić information content (AvgIpc) is 2.65. The third kappa shape index (κ3) is 5.28. The number of esters is 1. The normalized spacial score (nSPS) is 16.7. The van der Waals surface area contributed by atoms with Gasteiger partial charge in [-0.1, -0.05) is 38.3 Å². The molecule has 0 spiro atoms. The van der Waals surface area contributed by atoms with Crippen LogP contribution in [0.4, 0.5) is 0 Å². The molecule has 2 rings (SSSR count).